The molecule has 1 atom stereocenters. The smallest absolute Gasteiger partial charge is 0.249 e. The summed E-state index contributed by atoms with van der Waals surface area (Å²) < 4.78 is 5.08. The van der Waals surface area contributed by atoms with E-state index < -0.39 is 6.10 Å². The Kier molecular flexibility index (Phi) is 3.96. The summed E-state index contributed by atoms with van der Waals surface area (Å²) in [5.41, 5.74) is 0. The lowest BCUT2D eigenvalue weighted by atomic mass is 10.1. The fraction of sp³-hybridized carbons (Fsp3) is 0.750. The molecule has 6 heteroatoms. The molecule has 6 nitrogen and oxygen atoms in total. The lowest BCUT2D eigenvalue weighted by Gasteiger charge is -2.13. The average molecular weight is 253 g/mol. The van der Waals surface area contributed by atoms with E-state index in [-0.39, 0.29) is 11.8 Å². The number of hydrogen-bond donors (Lipinski definition) is 2. The van der Waals surface area contributed by atoms with Crippen molar-refractivity contribution in [3.8, 4) is 0 Å². The minimum absolute atomic E-state index is 0.0881. The molecule has 0 saturated heterocycles. The second-order valence-electron chi connectivity index (χ2n) is 5.05. The van der Waals surface area contributed by atoms with Gasteiger partial charge in [0, 0.05) is 18.9 Å². The third-order valence-corrected chi connectivity index (χ3v) is 2.96. The van der Waals surface area contributed by atoms with Gasteiger partial charge in [-0.25, -0.2) is 0 Å². The highest BCUT2D eigenvalue weighted by Gasteiger charge is 2.28. The van der Waals surface area contributed by atoms with E-state index in [1.807, 2.05) is 0 Å². The van der Waals surface area contributed by atoms with Crippen LogP contribution >= 0.6 is 0 Å². The average Bonchev–Trinajstić information content (AvgIpc) is 3.08. The van der Waals surface area contributed by atoms with E-state index in [1.54, 1.807) is 13.8 Å². The molecule has 0 aromatic carbocycles. The number of aliphatic hydroxyl groups is 1. The van der Waals surface area contributed by atoms with Crippen molar-refractivity contribution in [1.29, 1.82) is 0 Å². The second-order valence-corrected chi connectivity index (χ2v) is 5.05. The standard InChI is InChI=1S/C12H19N3O3/c1-7(2)10(16)12(17)13-6-5-9-14-11(15-18-9)8-3-4-8/h7-8,10,16H,3-6H2,1-2H3,(H,13,17)/t10-/m0/s1. The van der Waals surface area contributed by atoms with Crippen LogP contribution in [0.4, 0.5) is 0 Å². The molecule has 1 aromatic rings. The summed E-state index contributed by atoms with van der Waals surface area (Å²) in [5, 5.41) is 16.1. The first-order valence-corrected chi connectivity index (χ1v) is 6.36. The van der Waals surface area contributed by atoms with Crippen molar-refractivity contribution in [2.24, 2.45) is 5.92 Å². The fourth-order valence-electron chi connectivity index (χ4n) is 1.58. The van der Waals surface area contributed by atoms with Gasteiger partial charge in [0.15, 0.2) is 5.82 Å². The first-order valence-electron chi connectivity index (χ1n) is 6.36. The predicted octanol–water partition coefficient (Wildman–Crippen LogP) is 0.623. The van der Waals surface area contributed by atoms with Crippen molar-refractivity contribution >= 4 is 5.91 Å². The quantitative estimate of drug-likeness (QED) is 0.776. The summed E-state index contributed by atoms with van der Waals surface area (Å²) in [6, 6.07) is 0. The Balaban J connectivity index is 1.72. The lowest BCUT2D eigenvalue weighted by Crippen LogP contribution is -2.38. The molecule has 100 valence electrons. The zero-order chi connectivity index (χ0) is 13.1. The van der Waals surface area contributed by atoms with E-state index in [1.165, 1.54) is 0 Å². The molecule has 1 aliphatic rings. The topological polar surface area (TPSA) is 88.2 Å². The molecule has 0 unspecified atom stereocenters. The Bertz CT molecular complexity index is 412. The number of hydrogen-bond acceptors (Lipinski definition) is 5. The molecule has 0 bridgehead atoms. The van der Waals surface area contributed by atoms with E-state index in [9.17, 15) is 9.90 Å². The molecule has 1 aliphatic carbocycles. The molecule has 1 saturated carbocycles. The highest BCUT2D eigenvalue weighted by molar-refractivity contribution is 5.80. The van der Waals surface area contributed by atoms with Crippen molar-refractivity contribution in [2.75, 3.05) is 6.54 Å². The first kappa shape index (κ1) is 13.0. The summed E-state index contributed by atoms with van der Waals surface area (Å²) in [7, 11) is 0. The monoisotopic (exact) mass is 253 g/mol. The van der Waals surface area contributed by atoms with Gasteiger partial charge in [0.2, 0.25) is 11.8 Å². The maximum Gasteiger partial charge on any atom is 0.249 e. The first-order chi connectivity index (χ1) is 8.58. The summed E-state index contributed by atoms with van der Waals surface area (Å²) in [5.74, 6) is 1.34. The lowest BCUT2D eigenvalue weighted by molar-refractivity contribution is -0.131. The van der Waals surface area contributed by atoms with Gasteiger partial charge in [-0.05, 0) is 18.8 Å². The molecule has 2 rings (SSSR count). The van der Waals surface area contributed by atoms with Crippen LogP contribution in [0.25, 0.3) is 0 Å². The Hall–Kier alpha value is -1.43. The van der Waals surface area contributed by atoms with Gasteiger partial charge in [-0.15, -0.1) is 0 Å². The molecule has 18 heavy (non-hydrogen) atoms. The van der Waals surface area contributed by atoms with Gasteiger partial charge in [-0.3, -0.25) is 4.79 Å². The van der Waals surface area contributed by atoms with Crippen molar-refractivity contribution in [3.05, 3.63) is 11.7 Å². The number of carbonyl (C=O) groups is 1. The molecule has 2 N–H and O–H groups in total. The van der Waals surface area contributed by atoms with E-state index >= 15 is 0 Å². The Labute approximate surface area is 106 Å². The number of nitrogens with zero attached hydrogens (tertiary/aromatic N) is 2. The van der Waals surface area contributed by atoms with E-state index in [0.29, 0.717) is 24.8 Å². The third-order valence-electron chi connectivity index (χ3n) is 2.96. The number of rotatable bonds is 6. The zero-order valence-corrected chi connectivity index (χ0v) is 10.7. The summed E-state index contributed by atoms with van der Waals surface area (Å²) >= 11 is 0. The SMILES string of the molecule is CC(C)[C@H](O)C(=O)NCCc1nc(C2CC2)no1. The predicted molar refractivity (Wildman–Crippen MR) is 63.8 cm³/mol. The molecule has 0 aliphatic heterocycles. The van der Waals surface area contributed by atoms with E-state index in [2.05, 4.69) is 15.5 Å². The van der Waals surface area contributed by atoms with Crippen LogP contribution in [-0.4, -0.2) is 33.8 Å². The summed E-state index contributed by atoms with van der Waals surface area (Å²) in [6.45, 7) is 3.99. The van der Waals surface area contributed by atoms with Crippen molar-refractivity contribution in [2.45, 2.75) is 45.1 Å². The van der Waals surface area contributed by atoms with Crippen LogP contribution in [0.2, 0.25) is 0 Å². The molecule has 1 aromatic heterocycles. The van der Waals surface area contributed by atoms with Crippen LogP contribution in [0.1, 0.15) is 44.3 Å². The summed E-state index contributed by atoms with van der Waals surface area (Å²) in [6.07, 6.45) is 1.80. The fourth-order valence-corrected chi connectivity index (χ4v) is 1.58. The maximum atomic E-state index is 11.5. The van der Waals surface area contributed by atoms with Crippen LogP contribution in [0, 0.1) is 5.92 Å². The number of amides is 1. The molecular weight excluding hydrogens is 234 g/mol. The van der Waals surface area contributed by atoms with Crippen molar-refractivity contribution in [3.63, 3.8) is 0 Å². The van der Waals surface area contributed by atoms with Gasteiger partial charge in [-0.1, -0.05) is 19.0 Å². The molecule has 1 heterocycles. The molecule has 0 radical (unpaired) electrons. The molecule has 1 fully saturated rings. The number of aromatic nitrogens is 2. The zero-order valence-electron chi connectivity index (χ0n) is 10.7. The largest absolute Gasteiger partial charge is 0.383 e. The summed E-state index contributed by atoms with van der Waals surface area (Å²) in [4.78, 5) is 15.7. The van der Waals surface area contributed by atoms with Gasteiger partial charge in [0.1, 0.15) is 6.10 Å². The van der Waals surface area contributed by atoms with Crippen LogP contribution in [0.3, 0.4) is 0 Å². The van der Waals surface area contributed by atoms with Crippen LogP contribution in [0.5, 0.6) is 0 Å². The highest BCUT2D eigenvalue weighted by Crippen LogP contribution is 2.38. The molecular formula is C12H19N3O3. The second kappa shape index (κ2) is 5.48. The Morgan fingerprint density at radius 2 is 2.28 bits per heavy atom. The molecule has 0 spiro atoms. The highest BCUT2D eigenvalue weighted by atomic mass is 16.5. The van der Waals surface area contributed by atoms with Crippen LogP contribution in [-0.2, 0) is 11.2 Å². The van der Waals surface area contributed by atoms with Crippen molar-refractivity contribution in [1.82, 2.24) is 15.5 Å². The van der Waals surface area contributed by atoms with Crippen LogP contribution < -0.4 is 5.32 Å². The third kappa shape index (κ3) is 3.29. The molecule has 1 amide bonds. The Morgan fingerprint density at radius 1 is 1.56 bits per heavy atom. The number of nitrogens with one attached hydrogen (secondary N) is 1. The minimum atomic E-state index is -0.963. The normalized spacial score (nSPS) is 16.9. The van der Waals surface area contributed by atoms with Gasteiger partial charge >= 0.3 is 0 Å². The Morgan fingerprint density at radius 3 is 2.89 bits per heavy atom. The maximum absolute atomic E-state index is 11.5. The van der Waals surface area contributed by atoms with E-state index in [0.717, 1.165) is 18.7 Å². The van der Waals surface area contributed by atoms with Gasteiger partial charge in [0.25, 0.3) is 0 Å². The van der Waals surface area contributed by atoms with Crippen LogP contribution in [0.15, 0.2) is 4.52 Å². The van der Waals surface area contributed by atoms with Gasteiger partial charge in [0.05, 0.1) is 0 Å². The van der Waals surface area contributed by atoms with E-state index in [4.69, 9.17) is 4.52 Å². The van der Waals surface area contributed by atoms with Gasteiger partial charge < -0.3 is 14.9 Å². The van der Waals surface area contributed by atoms with Gasteiger partial charge in [-0.2, -0.15) is 4.98 Å². The minimum Gasteiger partial charge on any atom is -0.383 e. The number of aliphatic hydroxyl groups excluding tert-OH is 1. The number of carbonyl (C=O) groups excluding carboxylic acids is 1. The van der Waals surface area contributed by atoms with Crippen molar-refractivity contribution < 1.29 is 14.4 Å².